The van der Waals surface area contributed by atoms with Gasteiger partial charge in [0.15, 0.2) is 11.5 Å². The van der Waals surface area contributed by atoms with Gasteiger partial charge in [0.05, 0.1) is 7.11 Å². The molecule has 3 N–H and O–H groups in total. The summed E-state index contributed by atoms with van der Waals surface area (Å²) in [5.41, 5.74) is -0.196. The van der Waals surface area contributed by atoms with Gasteiger partial charge in [-0.3, -0.25) is 0 Å². The highest BCUT2D eigenvalue weighted by molar-refractivity contribution is 5.93. The van der Waals surface area contributed by atoms with Crippen LogP contribution in [0.2, 0.25) is 0 Å². The molecule has 0 unspecified atom stereocenters. The zero-order valence-corrected chi connectivity index (χ0v) is 6.81. The van der Waals surface area contributed by atoms with E-state index >= 15 is 0 Å². The van der Waals surface area contributed by atoms with Crippen LogP contribution in [0.15, 0.2) is 12.1 Å². The first kappa shape index (κ1) is 9.18. The lowest BCUT2D eigenvalue weighted by molar-refractivity contribution is 0.0597. The Kier molecular flexibility index (Phi) is 2.27. The van der Waals surface area contributed by atoms with Gasteiger partial charge in [-0.05, 0) is 0 Å². The molecule has 0 amide bonds. The number of hydrogen-bond acceptors (Lipinski definition) is 5. The quantitative estimate of drug-likeness (QED) is 0.338. The Morgan fingerprint density at radius 3 is 2.23 bits per heavy atom. The first-order chi connectivity index (χ1) is 6.06. The molecule has 0 heterocycles. The van der Waals surface area contributed by atoms with E-state index in [2.05, 4.69) is 4.74 Å². The van der Waals surface area contributed by atoms with Crippen molar-refractivity contribution in [2.75, 3.05) is 7.11 Å². The average molecular weight is 184 g/mol. The fraction of sp³-hybridized carbons (Fsp3) is 0.125. The van der Waals surface area contributed by atoms with Crippen molar-refractivity contribution < 1.29 is 24.9 Å². The van der Waals surface area contributed by atoms with Crippen LogP contribution in [0.25, 0.3) is 0 Å². The Balaban J connectivity index is 3.23. The molecule has 0 aliphatic carbocycles. The Labute approximate surface area is 73.8 Å². The largest absolute Gasteiger partial charge is 0.507 e. The number of benzene rings is 1. The van der Waals surface area contributed by atoms with Crippen molar-refractivity contribution in [2.45, 2.75) is 0 Å². The molecule has 0 bridgehead atoms. The molecule has 1 aromatic carbocycles. The van der Waals surface area contributed by atoms with Crippen molar-refractivity contribution in [3.63, 3.8) is 0 Å². The van der Waals surface area contributed by atoms with Crippen LogP contribution in [-0.2, 0) is 4.74 Å². The summed E-state index contributed by atoms with van der Waals surface area (Å²) in [6, 6.07) is 1.79. The van der Waals surface area contributed by atoms with E-state index in [1.165, 1.54) is 0 Å². The van der Waals surface area contributed by atoms with E-state index in [1.54, 1.807) is 0 Å². The van der Waals surface area contributed by atoms with Crippen LogP contribution >= 0.6 is 0 Å². The topological polar surface area (TPSA) is 87.0 Å². The second kappa shape index (κ2) is 3.22. The number of carbonyl (C=O) groups is 1. The molecule has 70 valence electrons. The second-order valence-electron chi connectivity index (χ2n) is 2.35. The van der Waals surface area contributed by atoms with Gasteiger partial charge in [0.1, 0.15) is 11.3 Å². The van der Waals surface area contributed by atoms with Gasteiger partial charge in [0, 0.05) is 12.1 Å². The van der Waals surface area contributed by atoms with Gasteiger partial charge in [0.25, 0.3) is 0 Å². The van der Waals surface area contributed by atoms with Crippen LogP contribution in [0.5, 0.6) is 17.2 Å². The van der Waals surface area contributed by atoms with Crippen molar-refractivity contribution in [2.24, 2.45) is 0 Å². The number of rotatable bonds is 1. The lowest BCUT2D eigenvalue weighted by Gasteiger charge is -2.04. The van der Waals surface area contributed by atoms with Crippen molar-refractivity contribution in [1.29, 1.82) is 0 Å². The summed E-state index contributed by atoms with van der Waals surface area (Å²) in [7, 11) is 1.14. The molecule has 0 atom stereocenters. The number of esters is 1. The molecule has 1 aromatic rings. The van der Waals surface area contributed by atoms with Crippen molar-refractivity contribution in [3.05, 3.63) is 17.7 Å². The second-order valence-corrected chi connectivity index (χ2v) is 2.35. The van der Waals surface area contributed by atoms with Gasteiger partial charge in [-0.2, -0.15) is 0 Å². The number of carbonyl (C=O) groups excluding carboxylic acids is 1. The number of phenols is 3. The van der Waals surface area contributed by atoms with E-state index in [4.69, 9.17) is 15.3 Å². The number of phenolic OH excluding ortho intramolecular Hbond substituents is 3. The molecule has 5 nitrogen and oxygen atoms in total. The summed E-state index contributed by atoms with van der Waals surface area (Å²) < 4.78 is 4.32. The van der Waals surface area contributed by atoms with Crippen LogP contribution in [0.4, 0.5) is 0 Å². The predicted molar refractivity (Wildman–Crippen MR) is 42.8 cm³/mol. The normalized spacial score (nSPS) is 9.62. The molecular weight excluding hydrogens is 176 g/mol. The molecule has 0 aliphatic rings. The maximum atomic E-state index is 10.9. The van der Waals surface area contributed by atoms with Crippen LogP contribution < -0.4 is 0 Å². The minimum Gasteiger partial charge on any atom is -0.507 e. The average Bonchev–Trinajstić information content (AvgIpc) is 2.10. The van der Waals surface area contributed by atoms with E-state index in [0.717, 1.165) is 19.2 Å². The first-order valence-electron chi connectivity index (χ1n) is 3.39. The Bertz CT molecular complexity index is 345. The smallest absolute Gasteiger partial charge is 0.341 e. The SMILES string of the molecule is COC(=O)c1cc(O)c(O)cc1O. The Hall–Kier alpha value is -1.91. The summed E-state index contributed by atoms with van der Waals surface area (Å²) in [5.74, 6) is -2.21. The summed E-state index contributed by atoms with van der Waals surface area (Å²) in [6.07, 6.45) is 0. The molecule has 0 saturated carbocycles. The number of aromatic hydroxyl groups is 3. The monoisotopic (exact) mass is 184 g/mol. The van der Waals surface area contributed by atoms with Crippen LogP contribution in [0.3, 0.4) is 0 Å². The lowest BCUT2D eigenvalue weighted by atomic mass is 10.2. The van der Waals surface area contributed by atoms with E-state index < -0.39 is 23.2 Å². The van der Waals surface area contributed by atoms with Crippen molar-refractivity contribution >= 4 is 5.97 Å². The molecule has 0 spiro atoms. The third-order valence-electron chi connectivity index (χ3n) is 1.50. The third kappa shape index (κ3) is 1.64. The summed E-state index contributed by atoms with van der Waals surface area (Å²) in [4.78, 5) is 10.9. The van der Waals surface area contributed by atoms with Gasteiger partial charge < -0.3 is 20.1 Å². The summed E-state index contributed by atoms with van der Waals surface area (Å²) >= 11 is 0. The lowest BCUT2D eigenvalue weighted by Crippen LogP contribution is -2.01. The van der Waals surface area contributed by atoms with Crippen LogP contribution in [0, 0.1) is 0 Å². The molecule has 0 radical (unpaired) electrons. The molecule has 1 rings (SSSR count). The van der Waals surface area contributed by atoms with Gasteiger partial charge >= 0.3 is 5.97 Å². The van der Waals surface area contributed by atoms with E-state index in [9.17, 15) is 4.79 Å². The van der Waals surface area contributed by atoms with Gasteiger partial charge in [0.2, 0.25) is 0 Å². The highest BCUT2D eigenvalue weighted by atomic mass is 16.5. The maximum Gasteiger partial charge on any atom is 0.341 e. The van der Waals surface area contributed by atoms with Crippen molar-refractivity contribution in [3.8, 4) is 17.2 Å². The zero-order chi connectivity index (χ0) is 10.0. The minimum absolute atomic E-state index is 0.196. The molecular formula is C8H8O5. The summed E-state index contributed by atoms with van der Waals surface area (Å²) in [5, 5.41) is 27.1. The highest BCUT2D eigenvalue weighted by Crippen LogP contribution is 2.32. The standard InChI is InChI=1S/C8H8O5/c1-13-8(12)4-2-6(10)7(11)3-5(4)9/h2-3,9-11H,1H3. The number of hydrogen-bond donors (Lipinski definition) is 3. The molecule has 0 aromatic heterocycles. The number of ether oxygens (including phenoxy) is 1. The third-order valence-corrected chi connectivity index (χ3v) is 1.50. The minimum atomic E-state index is -0.784. The first-order valence-corrected chi connectivity index (χ1v) is 3.39. The van der Waals surface area contributed by atoms with Gasteiger partial charge in [-0.15, -0.1) is 0 Å². The molecule has 0 aliphatic heterocycles. The summed E-state index contributed by atoms with van der Waals surface area (Å²) in [6.45, 7) is 0. The zero-order valence-electron chi connectivity index (χ0n) is 6.81. The molecule has 0 saturated heterocycles. The fourth-order valence-corrected chi connectivity index (χ4v) is 0.839. The number of methoxy groups -OCH3 is 1. The van der Waals surface area contributed by atoms with Crippen LogP contribution in [0.1, 0.15) is 10.4 Å². The van der Waals surface area contributed by atoms with E-state index in [0.29, 0.717) is 0 Å². The van der Waals surface area contributed by atoms with E-state index in [-0.39, 0.29) is 5.56 Å². The van der Waals surface area contributed by atoms with Gasteiger partial charge in [-0.25, -0.2) is 4.79 Å². The molecule has 5 heteroatoms. The Morgan fingerprint density at radius 1 is 1.15 bits per heavy atom. The highest BCUT2D eigenvalue weighted by Gasteiger charge is 2.14. The van der Waals surface area contributed by atoms with E-state index in [1.807, 2.05) is 0 Å². The Morgan fingerprint density at radius 2 is 1.69 bits per heavy atom. The van der Waals surface area contributed by atoms with Crippen LogP contribution in [-0.4, -0.2) is 28.4 Å². The fourth-order valence-electron chi connectivity index (χ4n) is 0.839. The molecule has 0 fully saturated rings. The van der Waals surface area contributed by atoms with Crippen molar-refractivity contribution in [1.82, 2.24) is 0 Å². The predicted octanol–water partition coefficient (Wildman–Crippen LogP) is 0.590. The van der Waals surface area contributed by atoms with Gasteiger partial charge in [-0.1, -0.05) is 0 Å². The molecule has 13 heavy (non-hydrogen) atoms. The maximum absolute atomic E-state index is 10.9.